The number of nitrogens with zero attached hydrogens (tertiary/aromatic N) is 2. The molecule has 0 bridgehead atoms. The number of hydrogen-bond acceptors (Lipinski definition) is 3. The molecule has 0 aliphatic heterocycles. The largest absolute Gasteiger partial charge is 0.495 e. The van der Waals surface area contributed by atoms with E-state index >= 15 is 0 Å². The van der Waals surface area contributed by atoms with E-state index in [9.17, 15) is 0 Å². The molecule has 0 spiro atoms. The van der Waals surface area contributed by atoms with Crippen LogP contribution in [0.15, 0.2) is 42.7 Å². The van der Waals surface area contributed by atoms with Gasteiger partial charge in [0, 0.05) is 10.9 Å². The third-order valence-corrected chi connectivity index (χ3v) is 3.68. The number of hydrogen-bond donors (Lipinski definition) is 0. The SMILES string of the molecule is COc1c(-c2c(Cl)ncnc2Cl)ccc2ccccc12. The minimum absolute atomic E-state index is 0.304. The fraction of sp³-hybridized carbons (Fsp3) is 0.0667. The summed E-state index contributed by atoms with van der Waals surface area (Å²) in [5.41, 5.74) is 1.36. The summed E-state index contributed by atoms with van der Waals surface area (Å²) in [4.78, 5) is 7.97. The van der Waals surface area contributed by atoms with Gasteiger partial charge in [0.25, 0.3) is 0 Å². The van der Waals surface area contributed by atoms with Gasteiger partial charge in [0.2, 0.25) is 0 Å². The number of halogens is 2. The van der Waals surface area contributed by atoms with Gasteiger partial charge in [-0.05, 0) is 11.5 Å². The zero-order valence-corrected chi connectivity index (χ0v) is 12.1. The number of ether oxygens (including phenoxy) is 1. The van der Waals surface area contributed by atoms with Gasteiger partial charge in [0.05, 0.1) is 12.7 Å². The van der Waals surface area contributed by atoms with Crippen molar-refractivity contribution in [3.63, 3.8) is 0 Å². The molecule has 1 aromatic heterocycles. The van der Waals surface area contributed by atoms with E-state index in [-0.39, 0.29) is 0 Å². The maximum atomic E-state index is 6.15. The molecule has 0 saturated carbocycles. The number of fused-ring (bicyclic) bond motifs is 1. The predicted molar refractivity (Wildman–Crippen MR) is 81.5 cm³/mol. The zero-order chi connectivity index (χ0) is 14.1. The smallest absolute Gasteiger partial charge is 0.141 e. The molecular weight excluding hydrogens is 295 g/mol. The van der Waals surface area contributed by atoms with E-state index in [0.717, 1.165) is 16.3 Å². The predicted octanol–water partition coefficient (Wildman–Crippen LogP) is 4.61. The fourth-order valence-electron chi connectivity index (χ4n) is 2.23. The van der Waals surface area contributed by atoms with Gasteiger partial charge in [0.15, 0.2) is 0 Å². The fourth-order valence-corrected chi connectivity index (χ4v) is 2.74. The molecule has 5 heteroatoms. The highest BCUT2D eigenvalue weighted by Crippen LogP contribution is 2.41. The van der Waals surface area contributed by atoms with E-state index in [4.69, 9.17) is 27.9 Å². The van der Waals surface area contributed by atoms with Crippen LogP contribution in [0, 0.1) is 0 Å². The molecule has 0 saturated heterocycles. The van der Waals surface area contributed by atoms with Gasteiger partial charge in [-0.15, -0.1) is 0 Å². The summed E-state index contributed by atoms with van der Waals surface area (Å²) >= 11 is 12.3. The van der Waals surface area contributed by atoms with E-state index in [1.165, 1.54) is 6.33 Å². The summed E-state index contributed by atoms with van der Waals surface area (Å²) in [6.45, 7) is 0. The van der Waals surface area contributed by atoms with Gasteiger partial charge < -0.3 is 4.74 Å². The van der Waals surface area contributed by atoms with Crippen LogP contribution in [0.2, 0.25) is 10.3 Å². The minimum atomic E-state index is 0.304. The maximum absolute atomic E-state index is 6.15. The molecule has 20 heavy (non-hydrogen) atoms. The van der Waals surface area contributed by atoms with E-state index in [1.54, 1.807) is 7.11 Å². The molecule has 3 rings (SSSR count). The highest BCUT2D eigenvalue weighted by Gasteiger charge is 2.17. The maximum Gasteiger partial charge on any atom is 0.141 e. The van der Waals surface area contributed by atoms with E-state index in [1.807, 2.05) is 36.4 Å². The lowest BCUT2D eigenvalue weighted by atomic mass is 10.0. The molecule has 2 aromatic carbocycles. The monoisotopic (exact) mass is 304 g/mol. The molecule has 0 aliphatic carbocycles. The molecule has 0 radical (unpaired) electrons. The van der Waals surface area contributed by atoms with Crippen molar-refractivity contribution in [1.82, 2.24) is 9.97 Å². The first kappa shape index (κ1) is 13.2. The first-order chi connectivity index (χ1) is 9.72. The molecule has 0 aliphatic rings. The second-order valence-electron chi connectivity index (χ2n) is 4.20. The molecular formula is C15H10Cl2N2O. The Bertz CT molecular complexity index is 770. The summed E-state index contributed by atoms with van der Waals surface area (Å²) in [6, 6.07) is 11.9. The molecule has 0 atom stereocenters. The number of methoxy groups -OCH3 is 1. The Hall–Kier alpha value is -1.84. The van der Waals surface area contributed by atoms with Crippen LogP contribution in [0.3, 0.4) is 0 Å². The van der Waals surface area contributed by atoms with Crippen molar-refractivity contribution in [2.75, 3.05) is 7.11 Å². The van der Waals surface area contributed by atoms with Crippen molar-refractivity contribution in [2.45, 2.75) is 0 Å². The Morgan fingerprint density at radius 3 is 2.35 bits per heavy atom. The van der Waals surface area contributed by atoms with E-state index in [0.29, 0.717) is 21.6 Å². The molecule has 3 aromatic rings. The van der Waals surface area contributed by atoms with Gasteiger partial charge in [-0.25, -0.2) is 9.97 Å². The quantitative estimate of drug-likeness (QED) is 0.648. The summed E-state index contributed by atoms with van der Waals surface area (Å²) in [7, 11) is 1.62. The molecule has 3 nitrogen and oxygen atoms in total. The Morgan fingerprint density at radius 1 is 0.950 bits per heavy atom. The van der Waals surface area contributed by atoms with Crippen molar-refractivity contribution < 1.29 is 4.74 Å². The first-order valence-corrected chi connectivity index (χ1v) is 6.70. The highest BCUT2D eigenvalue weighted by molar-refractivity contribution is 6.37. The lowest BCUT2D eigenvalue weighted by molar-refractivity contribution is 0.421. The lowest BCUT2D eigenvalue weighted by Gasteiger charge is -2.13. The lowest BCUT2D eigenvalue weighted by Crippen LogP contribution is -1.93. The summed E-state index contributed by atoms with van der Waals surface area (Å²) in [6.07, 6.45) is 1.34. The van der Waals surface area contributed by atoms with Crippen LogP contribution < -0.4 is 4.74 Å². The average molecular weight is 305 g/mol. The second-order valence-corrected chi connectivity index (χ2v) is 4.91. The first-order valence-electron chi connectivity index (χ1n) is 5.94. The number of aromatic nitrogens is 2. The zero-order valence-electron chi connectivity index (χ0n) is 10.6. The van der Waals surface area contributed by atoms with Crippen LogP contribution >= 0.6 is 23.2 Å². The standard InChI is InChI=1S/C15H10Cl2N2O/c1-20-13-10-5-3-2-4-9(10)6-7-11(13)12-14(16)18-8-19-15(12)17/h2-8H,1H3. The number of rotatable bonds is 2. The van der Waals surface area contributed by atoms with Crippen molar-refractivity contribution in [1.29, 1.82) is 0 Å². The van der Waals surface area contributed by atoms with Gasteiger partial charge in [-0.2, -0.15) is 0 Å². The average Bonchev–Trinajstić information content (AvgIpc) is 2.46. The molecule has 0 unspecified atom stereocenters. The normalized spacial score (nSPS) is 10.8. The van der Waals surface area contributed by atoms with Crippen molar-refractivity contribution in [3.8, 4) is 16.9 Å². The Labute approximate surface area is 126 Å². The Balaban J connectivity index is 2.37. The summed E-state index contributed by atoms with van der Waals surface area (Å²) in [5.74, 6) is 0.710. The van der Waals surface area contributed by atoms with Crippen molar-refractivity contribution in [2.24, 2.45) is 0 Å². The van der Waals surface area contributed by atoms with Gasteiger partial charge >= 0.3 is 0 Å². The van der Waals surface area contributed by atoms with Crippen LogP contribution in [0.5, 0.6) is 5.75 Å². The Morgan fingerprint density at radius 2 is 1.65 bits per heavy atom. The molecule has 0 amide bonds. The van der Waals surface area contributed by atoms with Crippen LogP contribution in [-0.4, -0.2) is 17.1 Å². The third kappa shape index (κ3) is 2.09. The number of benzene rings is 2. The van der Waals surface area contributed by atoms with Crippen LogP contribution in [0.25, 0.3) is 21.9 Å². The summed E-state index contributed by atoms with van der Waals surface area (Å²) < 4.78 is 5.55. The van der Waals surface area contributed by atoms with Crippen LogP contribution in [0.1, 0.15) is 0 Å². The third-order valence-electron chi connectivity index (χ3n) is 3.11. The van der Waals surface area contributed by atoms with Gasteiger partial charge in [0.1, 0.15) is 22.4 Å². The highest BCUT2D eigenvalue weighted by atomic mass is 35.5. The van der Waals surface area contributed by atoms with Crippen molar-refractivity contribution in [3.05, 3.63) is 53.0 Å². The molecule has 0 fully saturated rings. The Kier molecular flexibility index (Phi) is 3.47. The van der Waals surface area contributed by atoms with Gasteiger partial charge in [-0.3, -0.25) is 0 Å². The molecule has 100 valence electrons. The van der Waals surface area contributed by atoms with E-state index in [2.05, 4.69) is 9.97 Å². The van der Waals surface area contributed by atoms with Crippen LogP contribution in [0.4, 0.5) is 0 Å². The second kappa shape index (κ2) is 5.27. The van der Waals surface area contributed by atoms with E-state index < -0.39 is 0 Å². The van der Waals surface area contributed by atoms with Crippen molar-refractivity contribution >= 4 is 34.0 Å². The topological polar surface area (TPSA) is 35.0 Å². The summed E-state index contributed by atoms with van der Waals surface area (Å²) in [5, 5.41) is 2.68. The van der Waals surface area contributed by atoms with Crippen LogP contribution in [-0.2, 0) is 0 Å². The molecule has 1 heterocycles. The minimum Gasteiger partial charge on any atom is -0.495 e. The van der Waals surface area contributed by atoms with Gasteiger partial charge in [-0.1, -0.05) is 53.5 Å². The molecule has 0 N–H and O–H groups in total.